The molecule has 0 aliphatic carbocycles. The molecule has 59 valence electrons. The van der Waals surface area contributed by atoms with Gasteiger partial charge >= 0.3 is 0 Å². The van der Waals surface area contributed by atoms with E-state index in [4.69, 9.17) is 0 Å². The zero-order valence-electron chi connectivity index (χ0n) is 7.78. The van der Waals surface area contributed by atoms with Gasteiger partial charge in [-0.25, -0.2) is 0 Å². The van der Waals surface area contributed by atoms with Gasteiger partial charge in [-0.1, -0.05) is 26.7 Å². The van der Waals surface area contributed by atoms with E-state index < -0.39 is 0 Å². The average Bonchev–Trinajstić information content (AvgIpc) is 1.63. The van der Waals surface area contributed by atoms with Crippen LogP contribution in [0.2, 0.25) is 0 Å². The molecular weight excluding hydrogens is 197 g/mol. The third-order valence-electron chi connectivity index (χ3n) is 1.46. The number of rotatable bonds is 4. The maximum absolute atomic E-state index is 2.28. The van der Waals surface area contributed by atoms with Crippen LogP contribution in [-0.4, -0.2) is 0 Å². The fourth-order valence-electron chi connectivity index (χ4n) is 0.864. The molecule has 0 aromatic heterocycles. The molecule has 0 aliphatic heterocycles. The van der Waals surface area contributed by atoms with Crippen molar-refractivity contribution in [2.24, 2.45) is 5.92 Å². The van der Waals surface area contributed by atoms with E-state index in [0.29, 0.717) is 0 Å². The Morgan fingerprint density at radius 3 is 2.00 bits per heavy atom. The summed E-state index contributed by atoms with van der Waals surface area (Å²) in [5.74, 6) is 2.44. The van der Waals surface area contributed by atoms with Crippen LogP contribution in [-0.2, 0) is 32.7 Å². The third-order valence-corrected chi connectivity index (χ3v) is 1.46. The van der Waals surface area contributed by atoms with Gasteiger partial charge in [0.25, 0.3) is 0 Å². The molecule has 0 nitrogen and oxygen atoms in total. The largest absolute Gasteiger partial charge is 0.320 e. The first-order valence-corrected chi connectivity index (χ1v) is 3.92. The van der Waals surface area contributed by atoms with Crippen molar-refractivity contribution < 1.29 is 32.7 Å². The zero-order valence-corrected chi connectivity index (χ0v) is 10.6. The van der Waals surface area contributed by atoms with Crippen molar-refractivity contribution in [1.82, 2.24) is 0 Å². The van der Waals surface area contributed by atoms with Crippen LogP contribution in [0.4, 0.5) is 0 Å². The summed E-state index contributed by atoms with van der Waals surface area (Å²) in [5.41, 5.74) is 0. The van der Waals surface area contributed by atoms with Gasteiger partial charge in [0.2, 0.25) is 0 Å². The van der Waals surface area contributed by atoms with Gasteiger partial charge in [-0.15, -0.1) is 0 Å². The average molecular weight is 216 g/mol. The standard InChI is InChI=1S/C9H19.Y/c1-8(2)6-5-7-9(3)4;/h8H,5-7H2,1-4H3;/q-1;. The summed E-state index contributed by atoms with van der Waals surface area (Å²) < 4.78 is 0. The van der Waals surface area contributed by atoms with Crippen molar-refractivity contribution in [1.29, 1.82) is 0 Å². The van der Waals surface area contributed by atoms with E-state index >= 15 is 0 Å². The Kier molecular flexibility index (Phi) is 11.2. The minimum Gasteiger partial charge on any atom is -0.320 e. The fourth-order valence-corrected chi connectivity index (χ4v) is 0.864. The molecular formula is C9H19Y-. The Bertz CT molecular complexity index is 49.7. The second-order valence-corrected chi connectivity index (χ2v) is 3.49. The molecule has 0 rings (SSSR count). The van der Waals surface area contributed by atoms with Crippen molar-refractivity contribution in [3.05, 3.63) is 5.92 Å². The van der Waals surface area contributed by atoms with Gasteiger partial charge in [0.05, 0.1) is 0 Å². The summed E-state index contributed by atoms with van der Waals surface area (Å²) in [6.07, 6.45) is 4.07. The third kappa shape index (κ3) is 11.8. The Morgan fingerprint density at radius 2 is 1.70 bits per heavy atom. The zero-order chi connectivity index (χ0) is 7.28. The first kappa shape index (κ1) is 13.7. The molecule has 0 aromatic carbocycles. The van der Waals surface area contributed by atoms with E-state index in [0.717, 1.165) is 5.92 Å². The molecule has 1 heteroatoms. The summed E-state index contributed by atoms with van der Waals surface area (Å²) >= 11 is 0. The van der Waals surface area contributed by atoms with Crippen LogP contribution in [0, 0.1) is 11.8 Å². The van der Waals surface area contributed by atoms with E-state index in [1.807, 2.05) is 0 Å². The molecule has 0 saturated carbocycles. The number of hydrogen-bond acceptors (Lipinski definition) is 0. The Balaban J connectivity index is 0. The van der Waals surface area contributed by atoms with E-state index in [1.165, 1.54) is 19.3 Å². The molecule has 1 radical (unpaired) electrons. The summed E-state index contributed by atoms with van der Waals surface area (Å²) in [7, 11) is 0. The van der Waals surface area contributed by atoms with Gasteiger partial charge in [0.15, 0.2) is 0 Å². The van der Waals surface area contributed by atoms with E-state index in [2.05, 4.69) is 27.7 Å². The van der Waals surface area contributed by atoms with Crippen LogP contribution in [0.3, 0.4) is 0 Å². The van der Waals surface area contributed by atoms with Gasteiger partial charge in [-0.05, 0) is 5.92 Å². The van der Waals surface area contributed by atoms with Crippen molar-refractivity contribution in [2.75, 3.05) is 0 Å². The molecule has 10 heavy (non-hydrogen) atoms. The van der Waals surface area contributed by atoms with Crippen LogP contribution in [0.15, 0.2) is 0 Å². The Morgan fingerprint density at radius 1 is 1.20 bits per heavy atom. The van der Waals surface area contributed by atoms with Crippen LogP contribution >= 0.6 is 0 Å². The molecule has 0 aliphatic rings. The van der Waals surface area contributed by atoms with E-state index in [1.54, 1.807) is 5.92 Å². The maximum atomic E-state index is 2.28. The Hall–Kier alpha value is 1.10. The second kappa shape index (κ2) is 8.20. The van der Waals surface area contributed by atoms with Crippen LogP contribution in [0.5, 0.6) is 0 Å². The molecule has 0 bridgehead atoms. The predicted octanol–water partition coefficient (Wildman–Crippen LogP) is 3.42. The van der Waals surface area contributed by atoms with Gasteiger partial charge in [-0.3, -0.25) is 0 Å². The smallest absolute Gasteiger partial charge is 0 e. The normalized spacial score (nSPS) is 10.2. The van der Waals surface area contributed by atoms with Crippen molar-refractivity contribution in [3.8, 4) is 0 Å². The van der Waals surface area contributed by atoms with Gasteiger partial charge < -0.3 is 5.92 Å². The molecule has 0 aromatic rings. The summed E-state index contributed by atoms with van der Waals surface area (Å²) in [5, 5.41) is 0. The van der Waals surface area contributed by atoms with Gasteiger partial charge in [0, 0.05) is 32.7 Å². The molecule has 0 fully saturated rings. The summed E-state index contributed by atoms with van der Waals surface area (Å²) in [6.45, 7) is 8.98. The monoisotopic (exact) mass is 216 g/mol. The maximum Gasteiger partial charge on any atom is 0 e. The molecule has 0 heterocycles. The summed E-state index contributed by atoms with van der Waals surface area (Å²) in [6, 6.07) is 0. The molecule has 0 amide bonds. The minimum atomic E-state index is 0. The molecule has 0 unspecified atom stereocenters. The molecule has 0 spiro atoms. The first-order chi connectivity index (χ1) is 4.13. The van der Waals surface area contributed by atoms with Crippen molar-refractivity contribution in [3.63, 3.8) is 0 Å². The van der Waals surface area contributed by atoms with Crippen molar-refractivity contribution in [2.45, 2.75) is 47.0 Å². The molecule has 0 atom stereocenters. The van der Waals surface area contributed by atoms with Crippen LogP contribution < -0.4 is 0 Å². The van der Waals surface area contributed by atoms with Crippen LogP contribution in [0.25, 0.3) is 0 Å². The van der Waals surface area contributed by atoms with Gasteiger partial charge in [0.1, 0.15) is 0 Å². The topological polar surface area (TPSA) is 0 Å². The molecule has 0 N–H and O–H groups in total. The Labute approximate surface area is 91.0 Å². The van der Waals surface area contributed by atoms with Crippen LogP contribution in [0.1, 0.15) is 47.0 Å². The minimum absolute atomic E-state index is 0. The SMILES string of the molecule is C[C-](C)CCCC(C)C.[Y]. The first-order valence-electron chi connectivity index (χ1n) is 3.92. The predicted molar refractivity (Wildman–Crippen MR) is 43.3 cm³/mol. The van der Waals surface area contributed by atoms with Gasteiger partial charge in [-0.2, -0.15) is 20.3 Å². The molecule has 0 saturated heterocycles. The quantitative estimate of drug-likeness (QED) is 0.631. The van der Waals surface area contributed by atoms with E-state index in [-0.39, 0.29) is 32.7 Å². The van der Waals surface area contributed by atoms with E-state index in [9.17, 15) is 0 Å². The second-order valence-electron chi connectivity index (χ2n) is 3.49. The number of hydrogen-bond donors (Lipinski definition) is 0. The van der Waals surface area contributed by atoms with Crippen molar-refractivity contribution >= 4 is 0 Å². The fraction of sp³-hybridized carbons (Fsp3) is 0.889. The summed E-state index contributed by atoms with van der Waals surface area (Å²) in [4.78, 5) is 0.